The van der Waals surface area contributed by atoms with Gasteiger partial charge in [0.2, 0.25) is 0 Å². The molecule has 1 aromatic rings. The second-order valence-electron chi connectivity index (χ2n) is 6.63. The standard InChI is InChI=1S/C21H26O4/c1-15(2)24-20-14-21(23,25-16(3)4)13-12-18(20)10-11-19(22)17-8-6-5-7-9-17/h5-13,15-16,23H,14H2,1-4H3. The fraction of sp³-hybridized carbons (Fsp3) is 0.381. The molecule has 0 radical (unpaired) electrons. The molecular weight excluding hydrogens is 316 g/mol. The quantitative estimate of drug-likeness (QED) is 0.459. The molecule has 4 heteroatoms. The van der Waals surface area contributed by atoms with E-state index in [4.69, 9.17) is 9.47 Å². The Morgan fingerprint density at radius 2 is 1.84 bits per heavy atom. The third-order valence-corrected chi connectivity index (χ3v) is 3.55. The zero-order valence-electron chi connectivity index (χ0n) is 15.2. The summed E-state index contributed by atoms with van der Waals surface area (Å²) in [6.07, 6.45) is 6.62. The summed E-state index contributed by atoms with van der Waals surface area (Å²) in [5.41, 5.74) is 1.39. The van der Waals surface area contributed by atoms with E-state index >= 15 is 0 Å². The Bertz CT molecular complexity index is 683. The summed E-state index contributed by atoms with van der Waals surface area (Å²) < 4.78 is 11.4. The van der Waals surface area contributed by atoms with E-state index < -0.39 is 5.79 Å². The minimum atomic E-state index is -1.39. The number of aliphatic hydroxyl groups is 1. The molecule has 134 valence electrons. The first-order chi connectivity index (χ1) is 11.8. The molecule has 25 heavy (non-hydrogen) atoms. The van der Waals surface area contributed by atoms with Crippen LogP contribution in [0.2, 0.25) is 0 Å². The molecule has 1 unspecified atom stereocenters. The molecule has 1 aliphatic rings. The summed E-state index contributed by atoms with van der Waals surface area (Å²) in [5.74, 6) is -0.860. The van der Waals surface area contributed by atoms with Crippen molar-refractivity contribution in [2.75, 3.05) is 0 Å². The zero-order chi connectivity index (χ0) is 18.4. The molecule has 0 saturated heterocycles. The van der Waals surface area contributed by atoms with Crippen molar-refractivity contribution in [3.8, 4) is 0 Å². The van der Waals surface area contributed by atoms with Crippen molar-refractivity contribution in [1.29, 1.82) is 0 Å². The van der Waals surface area contributed by atoms with Crippen LogP contribution in [0.25, 0.3) is 0 Å². The van der Waals surface area contributed by atoms with Crippen molar-refractivity contribution >= 4 is 5.78 Å². The smallest absolute Gasteiger partial charge is 0.193 e. The van der Waals surface area contributed by atoms with Crippen LogP contribution in [-0.2, 0) is 9.47 Å². The summed E-state index contributed by atoms with van der Waals surface area (Å²) in [4.78, 5) is 12.2. The second-order valence-corrected chi connectivity index (χ2v) is 6.63. The van der Waals surface area contributed by atoms with Crippen molar-refractivity contribution in [3.05, 3.63) is 71.5 Å². The fourth-order valence-electron chi connectivity index (χ4n) is 2.60. The van der Waals surface area contributed by atoms with Gasteiger partial charge in [-0.3, -0.25) is 4.79 Å². The van der Waals surface area contributed by atoms with E-state index in [-0.39, 0.29) is 24.4 Å². The molecule has 2 rings (SSSR count). The summed E-state index contributed by atoms with van der Waals surface area (Å²) >= 11 is 0. The summed E-state index contributed by atoms with van der Waals surface area (Å²) in [6.45, 7) is 7.58. The van der Waals surface area contributed by atoms with Crippen molar-refractivity contribution in [1.82, 2.24) is 0 Å². The highest BCUT2D eigenvalue weighted by Crippen LogP contribution is 2.31. The molecule has 4 nitrogen and oxygen atoms in total. The fourth-order valence-corrected chi connectivity index (χ4v) is 2.60. The largest absolute Gasteiger partial charge is 0.495 e. The predicted molar refractivity (Wildman–Crippen MR) is 98.1 cm³/mol. The van der Waals surface area contributed by atoms with Gasteiger partial charge in [0, 0.05) is 11.1 Å². The Kier molecular flexibility index (Phi) is 6.34. The normalized spacial score (nSPS) is 20.8. The van der Waals surface area contributed by atoms with Crippen LogP contribution >= 0.6 is 0 Å². The zero-order valence-corrected chi connectivity index (χ0v) is 15.2. The van der Waals surface area contributed by atoms with Crippen LogP contribution in [0.15, 0.2) is 66.0 Å². The number of allylic oxidation sites excluding steroid dienone is 4. The maximum absolute atomic E-state index is 12.2. The molecule has 0 aliphatic heterocycles. The lowest BCUT2D eigenvalue weighted by molar-refractivity contribution is -0.193. The molecular formula is C21H26O4. The van der Waals surface area contributed by atoms with E-state index in [1.54, 1.807) is 30.4 Å². The number of ketones is 1. The Balaban J connectivity index is 2.22. The van der Waals surface area contributed by atoms with E-state index in [1.165, 1.54) is 6.08 Å². The van der Waals surface area contributed by atoms with E-state index in [0.29, 0.717) is 11.3 Å². The van der Waals surface area contributed by atoms with Gasteiger partial charge in [-0.25, -0.2) is 0 Å². The van der Waals surface area contributed by atoms with Gasteiger partial charge in [-0.1, -0.05) is 36.4 Å². The number of benzene rings is 1. The van der Waals surface area contributed by atoms with Crippen LogP contribution < -0.4 is 0 Å². The lowest BCUT2D eigenvalue weighted by Gasteiger charge is -2.32. The first-order valence-electron chi connectivity index (χ1n) is 8.56. The van der Waals surface area contributed by atoms with Crippen molar-refractivity contribution < 1.29 is 19.4 Å². The van der Waals surface area contributed by atoms with E-state index in [1.807, 2.05) is 45.9 Å². The van der Waals surface area contributed by atoms with E-state index in [9.17, 15) is 9.90 Å². The number of carbonyl (C=O) groups excluding carboxylic acids is 1. The van der Waals surface area contributed by atoms with Gasteiger partial charge in [0.1, 0.15) is 5.76 Å². The monoisotopic (exact) mass is 342 g/mol. The first-order valence-corrected chi connectivity index (χ1v) is 8.56. The maximum atomic E-state index is 12.2. The summed E-state index contributed by atoms with van der Waals surface area (Å²) in [5, 5.41) is 10.6. The number of hydrogen-bond donors (Lipinski definition) is 1. The highest BCUT2D eigenvalue weighted by molar-refractivity contribution is 6.04. The average Bonchev–Trinajstić information content (AvgIpc) is 2.53. The maximum Gasteiger partial charge on any atom is 0.193 e. The molecule has 1 atom stereocenters. The molecule has 0 spiro atoms. The van der Waals surface area contributed by atoms with Crippen molar-refractivity contribution in [2.45, 2.75) is 52.1 Å². The Labute approximate surface area is 149 Å². The SMILES string of the molecule is CC(C)OC1=C(C=CC(=O)c2ccccc2)C=CC(O)(OC(C)C)C1. The van der Waals surface area contributed by atoms with Crippen LogP contribution in [0.5, 0.6) is 0 Å². The van der Waals surface area contributed by atoms with Gasteiger partial charge in [0.15, 0.2) is 11.6 Å². The molecule has 0 fully saturated rings. The van der Waals surface area contributed by atoms with Crippen LogP contribution in [0.3, 0.4) is 0 Å². The number of hydrogen-bond acceptors (Lipinski definition) is 4. The average molecular weight is 342 g/mol. The lowest BCUT2D eigenvalue weighted by atomic mass is 9.98. The van der Waals surface area contributed by atoms with Gasteiger partial charge in [0.25, 0.3) is 0 Å². The Hall–Kier alpha value is -2.17. The minimum absolute atomic E-state index is 0.0435. The number of ether oxygens (including phenoxy) is 2. The van der Waals surface area contributed by atoms with Crippen LogP contribution in [0, 0.1) is 0 Å². The molecule has 1 aliphatic carbocycles. The van der Waals surface area contributed by atoms with Gasteiger partial charge in [-0.2, -0.15) is 0 Å². The van der Waals surface area contributed by atoms with E-state index in [2.05, 4.69) is 0 Å². The summed E-state index contributed by atoms with van der Waals surface area (Å²) in [7, 11) is 0. The third-order valence-electron chi connectivity index (χ3n) is 3.55. The summed E-state index contributed by atoms with van der Waals surface area (Å²) in [6, 6.07) is 9.09. The van der Waals surface area contributed by atoms with Crippen LogP contribution in [0.1, 0.15) is 44.5 Å². The van der Waals surface area contributed by atoms with E-state index in [0.717, 1.165) is 5.57 Å². The molecule has 1 aromatic carbocycles. The second kappa shape index (κ2) is 8.28. The molecule has 0 heterocycles. The predicted octanol–water partition coefficient (Wildman–Crippen LogP) is 4.18. The number of rotatable bonds is 7. The van der Waals surface area contributed by atoms with Gasteiger partial charge in [-0.15, -0.1) is 0 Å². The highest BCUT2D eigenvalue weighted by Gasteiger charge is 2.32. The molecule has 0 bridgehead atoms. The third kappa shape index (κ3) is 5.69. The first kappa shape index (κ1) is 19.2. The number of carbonyl (C=O) groups is 1. The van der Waals surface area contributed by atoms with Crippen molar-refractivity contribution in [3.63, 3.8) is 0 Å². The van der Waals surface area contributed by atoms with Crippen molar-refractivity contribution in [2.24, 2.45) is 0 Å². The van der Waals surface area contributed by atoms with Gasteiger partial charge in [-0.05, 0) is 45.9 Å². The van der Waals surface area contributed by atoms with Crippen LogP contribution in [-0.4, -0.2) is 28.9 Å². The Morgan fingerprint density at radius 1 is 1.16 bits per heavy atom. The Morgan fingerprint density at radius 3 is 2.44 bits per heavy atom. The lowest BCUT2D eigenvalue weighted by Crippen LogP contribution is -2.35. The minimum Gasteiger partial charge on any atom is -0.495 e. The van der Waals surface area contributed by atoms with Gasteiger partial charge < -0.3 is 14.6 Å². The highest BCUT2D eigenvalue weighted by atomic mass is 16.6. The molecule has 0 amide bonds. The van der Waals surface area contributed by atoms with Crippen LogP contribution in [0.4, 0.5) is 0 Å². The molecule has 1 N–H and O–H groups in total. The molecule has 0 aromatic heterocycles. The molecule has 0 saturated carbocycles. The van der Waals surface area contributed by atoms with Gasteiger partial charge in [0.05, 0.1) is 18.6 Å². The topological polar surface area (TPSA) is 55.8 Å². The van der Waals surface area contributed by atoms with Gasteiger partial charge >= 0.3 is 0 Å².